The zero-order chi connectivity index (χ0) is 28.2. The molecule has 2 bridgehead atoms. The molecule has 0 radical (unpaired) electrons. The van der Waals surface area contributed by atoms with E-state index in [4.69, 9.17) is 9.47 Å². The Balaban J connectivity index is 1.61. The first-order valence-electron chi connectivity index (χ1n) is 13.8. The molecular formula is C31H37NO6S2. The largest absolute Gasteiger partial charge is 0.508 e. The number of methoxy groups -OCH3 is 1. The molecule has 0 unspecified atom stereocenters. The van der Waals surface area contributed by atoms with Gasteiger partial charge in [0, 0.05) is 29.4 Å². The molecule has 7 nitrogen and oxygen atoms in total. The molecule has 2 aliphatic heterocycles. The third kappa shape index (κ3) is 6.24. The first kappa shape index (κ1) is 29.1. The first-order valence-corrected chi connectivity index (χ1v) is 16.2. The number of ketones is 1. The number of Topliss-reactive ketones (excluding diaryl/α,β-unsaturated/α-hetero) is 1. The topological polar surface area (TPSA) is 108 Å². The lowest BCUT2D eigenvalue weighted by molar-refractivity contribution is -0.124. The molecule has 40 heavy (non-hydrogen) atoms. The monoisotopic (exact) mass is 583 g/mol. The van der Waals surface area contributed by atoms with Crippen LogP contribution >= 0.6 is 21.6 Å². The van der Waals surface area contributed by atoms with Gasteiger partial charge in [-0.2, -0.15) is 0 Å². The third-order valence-electron chi connectivity index (χ3n) is 8.07. The molecular weight excluding hydrogens is 546 g/mol. The minimum Gasteiger partial charge on any atom is -0.508 e. The maximum atomic E-state index is 13.3. The summed E-state index contributed by atoms with van der Waals surface area (Å²) in [5, 5.41) is 37.2. The van der Waals surface area contributed by atoms with E-state index in [0.717, 1.165) is 45.9 Å². The van der Waals surface area contributed by atoms with Crippen molar-refractivity contribution in [1.29, 1.82) is 0 Å². The average molecular weight is 584 g/mol. The molecule has 0 aromatic heterocycles. The van der Waals surface area contributed by atoms with Crippen LogP contribution < -0.4 is 10.1 Å². The number of rotatable bonds is 4. The van der Waals surface area contributed by atoms with Gasteiger partial charge in [0.2, 0.25) is 0 Å². The van der Waals surface area contributed by atoms with E-state index >= 15 is 0 Å². The summed E-state index contributed by atoms with van der Waals surface area (Å²) in [5.74, 6) is 1.44. The highest BCUT2D eigenvalue weighted by atomic mass is 33.1. The summed E-state index contributed by atoms with van der Waals surface area (Å²) in [6.45, 7) is 0.359. The molecule has 9 heteroatoms. The highest BCUT2D eigenvalue weighted by Crippen LogP contribution is 2.47. The number of aliphatic hydroxyl groups excluding tert-OH is 1. The molecule has 2 heterocycles. The van der Waals surface area contributed by atoms with E-state index in [2.05, 4.69) is 5.32 Å². The molecule has 3 aromatic carbocycles. The van der Waals surface area contributed by atoms with Gasteiger partial charge in [0.25, 0.3) is 0 Å². The fraction of sp³-hybridized carbons (Fsp3) is 0.452. The minimum atomic E-state index is -0.478. The lowest BCUT2D eigenvalue weighted by atomic mass is 9.81. The highest BCUT2D eigenvalue weighted by molar-refractivity contribution is 8.76. The Morgan fingerprint density at radius 3 is 2.67 bits per heavy atom. The average Bonchev–Trinajstić information content (AvgIpc) is 2.94. The van der Waals surface area contributed by atoms with Crippen molar-refractivity contribution in [2.24, 2.45) is 5.92 Å². The number of phenolic OH excluding ortho intramolecular Hbond substituents is 2. The molecule has 0 spiro atoms. The SMILES string of the molecule is CNCO[C@H]1CC(=O)CCc2ccc(O)c(OC)c2-c2ccc3ccc(O)cc3c2CSS[C@H]2CC[C@H]1C[C@H]2O. The molecule has 214 valence electrons. The van der Waals surface area contributed by atoms with Crippen molar-refractivity contribution in [3.8, 4) is 28.4 Å². The minimum absolute atomic E-state index is 0.0342. The molecule has 1 saturated carbocycles. The van der Waals surface area contributed by atoms with Gasteiger partial charge < -0.3 is 24.8 Å². The van der Waals surface area contributed by atoms with Crippen molar-refractivity contribution in [2.45, 2.75) is 61.7 Å². The summed E-state index contributed by atoms with van der Waals surface area (Å²) in [6, 6.07) is 12.9. The van der Waals surface area contributed by atoms with E-state index in [1.54, 1.807) is 46.9 Å². The van der Waals surface area contributed by atoms with E-state index in [9.17, 15) is 20.1 Å². The summed E-state index contributed by atoms with van der Waals surface area (Å²) in [6.07, 6.45) is 2.77. The van der Waals surface area contributed by atoms with E-state index in [1.165, 1.54) is 0 Å². The zero-order valence-electron chi connectivity index (χ0n) is 22.9. The van der Waals surface area contributed by atoms with Crippen molar-refractivity contribution in [2.75, 3.05) is 20.9 Å². The Morgan fingerprint density at radius 2 is 1.90 bits per heavy atom. The second kappa shape index (κ2) is 13.0. The van der Waals surface area contributed by atoms with Gasteiger partial charge in [-0.1, -0.05) is 45.9 Å². The first-order chi connectivity index (χ1) is 19.4. The summed E-state index contributed by atoms with van der Waals surface area (Å²) >= 11 is 0. The van der Waals surface area contributed by atoms with Crippen molar-refractivity contribution >= 4 is 38.1 Å². The number of aliphatic hydroxyl groups is 1. The van der Waals surface area contributed by atoms with Gasteiger partial charge in [0.05, 0.1) is 26.0 Å². The number of aromatic hydroxyl groups is 2. The number of nitrogens with one attached hydrogen (secondary N) is 1. The van der Waals surface area contributed by atoms with Gasteiger partial charge >= 0.3 is 0 Å². The number of fused-ring (bicyclic) bond motifs is 9. The lowest BCUT2D eigenvalue weighted by Crippen LogP contribution is -2.39. The standard InChI is InChI=1S/C31H37NO6S2/c1-32-17-38-28-15-22(34)9-4-19-6-11-26(35)31(37-2)30(19)23-10-5-18-3-8-21(33)14-24(18)25(23)16-39-40-29-12-7-20(28)13-27(29)36/h3,5-6,8,10-11,14,20,27-29,32-33,35-36H,4,7,9,12-13,15-17H2,1-2H3/t20-,27+,28-,29-/m0/s1. The Kier molecular flexibility index (Phi) is 9.48. The van der Waals surface area contributed by atoms with Gasteiger partial charge in [0.15, 0.2) is 11.5 Å². The van der Waals surface area contributed by atoms with Crippen LogP contribution in [-0.2, 0) is 21.7 Å². The van der Waals surface area contributed by atoms with E-state index < -0.39 is 6.10 Å². The molecule has 0 amide bonds. The number of benzene rings is 3. The highest BCUT2D eigenvalue weighted by Gasteiger charge is 2.35. The number of phenols is 2. The second-order valence-electron chi connectivity index (χ2n) is 10.6. The summed E-state index contributed by atoms with van der Waals surface area (Å²) in [4.78, 5) is 13.3. The smallest absolute Gasteiger partial charge is 0.168 e. The Bertz CT molecular complexity index is 1370. The molecule has 0 saturated heterocycles. The van der Waals surface area contributed by atoms with E-state index in [0.29, 0.717) is 43.9 Å². The molecule has 1 aliphatic carbocycles. The fourth-order valence-electron chi connectivity index (χ4n) is 6.02. The normalized spacial score (nSPS) is 24.0. The fourth-order valence-corrected chi connectivity index (χ4v) is 8.91. The quantitative estimate of drug-likeness (QED) is 0.224. The number of hydrogen-bond donors (Lipinski definition) is 4. The molecule has 1 fully saturated rings. The summed E-state index contributed by atoms with van der Waals surface area (Å²) in [7, 11) is 6.75. The van der Waals surface area contributed by atoms with Gasteiger partial charge in [-0.25, -0.2) is 0 Å². The molecule has 6 rings (SSSR count). The predicted molar refractivity (Wildman–Crippen MR) is 162 cm³/mol. The van der Waals surface area contributed by atoms with Crippen LogP contribution in [0.25, 0.3) is 21.9 Å². The summed E-state index contributed by atoms with van der Waals surface area (Å²) in [5.41, 5.74) is 3.59. The Labute approximate surface area is 243 Å². The number of ether oxygens (including phenoxy) is 2. The van der Waals surface area contributed by atoms with Crippen LogP contribution in [0.3, 0.4) is 0 Å². The van der Waals surface area contributed by atoms with Crippen molar-refractivity contribution in [3.05, 3.63) is 53.6 Å². The molecule has 3 aromatic rings. The maximum absolute atomic E-state index is 13.3. The van der Waals surface area contributed by atoms with E-state index in [-0.39, 0.29) is 34.6 Å². The van der Waals surface area contributed by atoms with Crippen LogP contribution in [0.2, 0.25) is 0 Å². The van der Waals surface area contributed by atoms with Crippen LogP contribution in [0, 0.1) is 5.92 Å². The number of carbonyl (C=O) groups is 1. The van der Waals surface area contributed by atoms with Crippen molar-refractivity contribution in [1.82, 2.24) is 5.32 Å². The lowest BCUT2D eigenvalue weighted by Gasteiger charge is -2.36. The number of hydrogen-bond acceptors (Lipinski definition) is 9. The van der Waals surface area contributed by atoms with Crippen LogP contribution in [0.5, 0.6) is 17.2 Å². The second-order valence-corrected chi connectivity index (χ2v) is 13.2. The van der Waals surface area contributed by atoms with Gasteiger partial charge in [-0.3, -0.25) is 10.1 Å². The Hall–Kier alpha value is -2.43. The van der Waals surface area contributed by atoms with Crippen LogP contribution in [-0.4, -0.2) is 59.4 Å². The van der Waals surface area contributed by atoms with Gasteiger partial charge in [0.1, 0.15) is 11.5 Å². The number of aryl methyl sites for hydroxylation is 1. The van der Waals surface area contributed by atoms with Crippen LogP contribution in [0.1, 0.15) is 43.2 Å². The van der Waals surface area contributed by atoms with Crippen molar-refractivity contribution < 1.29 is 29.6 Å². The van der Waals surface area contributed by atoms with Crippen LogP contribution in [0.15, 0.2) is 42.5 Å². The summed E-state index contributed by atoms with van der Waals surface area (Å²) < 4.78 is 11.8. The zero-order valence-corrected chi connectivity index (χ0v) is 24.5. The molecule has 4 N–H and O–H groups in total. The van der Waals surface area contributed by atoms with Gasteiger partial charge in [-0.05, 0) is 84.3 Å². The van der Waals surface area contributed by atoms with Crippen LogP contribution in [0.4, 0.5) is 0 Å². The third-order valence-corrected chi connectivity index (χ3v) is 10.9. The maximum Gasteiger partial charge on any atom is 0.168 e. The Morgan fingerprint density at radius 1 is 1.07 bits per heavy atom. The molecule has 3 aliphatic rings. The predicted octanol–water partition coefficient (Wildman–Crippen LogP) is 5.81. The van der Waals surface area contributed by atoms with Crippen molar-refractivity contribution in [3.63, 3.8) is 0 Å². The number of carbonyl (C=O) groups excluding carboxylic acids is 1. The van der Waals surface area contributed by atoms with Gasteiger partial charge in [-0.15, -0.1) is 0 Å². The van der Waals surface area contributed by atoms with E-state index in [1.807, 2.05) is 31.3 Å². The molecule has 4 atom stereocenters.